The minimum absolute atomic E-state index is 0.483. The van der Waals surface area contributed by atoms with Crippen LogP contribution in [0.25, 0.3) is 10.9 Å². The van der Waals surface area contributed by atoms with E-state index in [4.69, 9.17) is 0 Å². The van der Waals surface area contributed by atoms with Crippen LogP contribution in [-0.4, -0.2) is 10.9 Å². The topological polar surface area (TPSA) is 42.0 Å². The molecule has 0 unspecified atom stereocenters. The van der Waals surface area contributed by atoms with Gasteiger partial charge in [-0.3, -0.25) is 9.78 Å². The second kappa shape index (κ2) is 6.00. The van der Waals surface area contributed by atoms with E-state index < -0.39 is 23.1 Å². The molecule has 0 aliphatic rings. The van der Waals surface area contributed by atoms with Gasteiger partial charge in [-0.2, -0.15) is 0 Å². The SMILES string of the molecule is Cc1cc(C)c2nc(C)cc(NC(=O)c3c(F)cccc3F)c2c1. The van der Waals surface area contributed by atoms with Gasteiger partial charge < -0.3 is 5.32 Å². The molecule has 0 saturated carbocycles. The Labute approximate surface area is 138 Å². The lowest BCUT2D eigenvalue weighted by Gasteiger charge is -2.13. The molecular formula is C19H16F2N2O. The maximum atomic E-state index is 13.8. The highest BCUT2D eigenvalue weighted by Gasteiger charge is 2.18. The van der Waals surface area contributed by atoms with Gasteiger partial charge in [0.2, 0.25) is 0 Å². The van der Waals surface area contributed by atoms with E-state index in [1.54, 1.807) is 13.0 Å². The summed E-state index contributed by atoms with van der Waals surface area (Å²) in [4.78, 5) is 16.9. The number of nitrogens with zero attached hydrogens (tertiary/aromatic N) is 1. The number of aryl methyl sites for hydroxylation is 3. The Balaban J connectivity index is 2.12. The van der Waals surface area contributed by atoms with Crippen LogP contribution in [0.4, 0.5) is 14.5 Å². The van der Waals surface area contributed by atoms with Crippen molar-refractivity contribution in [3.05, 3.63) is 70.4 Å². The number of pyridine rings is 1. The summed E-state index contributed by atoms with van der Waals surface area (Å²) in [5.41, 5.74) is 3.34. The molecule has 5 heteroatoms. The van der Waals surface area contributed by atoms with Crippen molar-refractivity contribution < 1.29 is 13.6 Å². The fourth-order valence-electron chi connectivity index (χ4n) is 2.81. The average Bonchev–Trinajstić information content (AvgIpc) is 2.48. The normalized spacial score (nSPS) is 10.9. The molecule has 0 atom stereocenters. The van der Waals surface area contributed by atoms with Crippen LogP contribution in [0.15, 0.2) is 36.4 Å². The standard InChI is InChI=1S/C19H16F2N2O/c1-10-7-11(2)18-13(8-10)16(9-12(3)22-18)23-19(24)17-14(20)5-4-6-15(17)21/h4-9H,1-3H3,(H,22,23,24). The molecule has 1 aromatic heterocycles. The zero-order chi connectivity index (χ0) is 17.4. The number of halogens is 2. The Morgan fingerprint density at radius 2 is 1.71 bits per heavy atom. The van der Waals surface area contributed by atoms with Crippen molar-refractivity contribution in [3.8, 4) is 0 Å². The van der Waals surface area contributed by atoms with Crippen LogP contribution in [0.5, 0.6) is 0 Å². The van der Waals surface area contributed by atoms with Crippen molar-refractivity contribution in [3.63, 3.8) is 0 Å². The molecule has 0 spiro atoms. The molecule has 1 amide bonds. The Hall–Kier alpha value is -2.82. The van der Waals surface area contributed by atoms with E-state index in [1.165, 1.54) is 6.07 Å². The summed E-state index contributed by atoms with van der Waals surface area (Å²) in [6.07, 6.45) is 0. The zero-order valence-corrected chi connectivity index (χ0v) is 13.6. The van der Waals surface area contributed by atoms with Gasteiger partial charge in [-0.05, 0) is 50.6 Å². The van der Waals surface area contributed by atoms with Gasteiger partial charge in [0.1, 0.15) is 17.2 Å². The quantitative estimate of drug-likeness (QED) is 0.742. The van der Waals surface area contributed by atoms with Crippen LogP contribution in [0.1, 0.15) is 27.2 Å². The van der Waals surface area contributed by atoms with E-state index in [0.29, 0.717) is 11.4 Å². The molecule has 1 heterocycles. The smallest absolute Gasteiger partial charge is 0.261 e. The third-order valence-corrected chi connectivity index (χ3v) is 3.81. The number of carbonyl (C=O) groups is 1. The highest BCUT2D eigenvalue weighted by atomic mass is 19.1. The van der Waals surface area contributed by atoms with Crippen LogP contribution in [0, 0.1) is 32.4 Å². The predicted octanol–water partition coefficient (Wildman–Crippen LogP) is 4.69. The van der Waals surface area contributed by atoms with Crippen molar-refractivity contribution in [2.45, 2.75) is 20.8 Å². The Bertz CT molecular complexity index is 947. The first-order valence-electron chi connectivity index (χ1n) is 7.51. The number of anilines is 1. The Morgan fingerprint density at radius 1 is 1.04 bits per heavy atom. The summed E-state index contributed by atoms with van der Waals surface area (Å²) in [6, 6.07) is 8.92. The van der Waals surface area contributed by atoms with Crippen LogP contribution in [0.2, 0.25) is 0 Å². The number of rotatable bonds is 2. The van der Waals surface area contributed by atoms with Gasteiger partial charge >= 0.3 is 0 Å². The van der Waals surface area contributed by atoms with Crippen molar-refractivity contribution in [2.75, 3.05) is 5.32 Å². The third kappa shape index (κ3) is 2.85. The van der Waals surface area contributed by atoms with E-state index in [-0.39, 0.29) is 0 Å². The molecule has 24 heavy (non-hydrogen) atoms. The number of carbonyl (C=O) groups excluding carboxylic acids is 1. The fourth-order valence-corrected chi connectivity index (χ4v) is 2.81. The summed E-state index contributed by atoms with van der Waals surface area (Å²) >= 11 is 0. The number of fused-ring (bicyclic) bond motifs is 1. The monoisotopic (exact) mass is 326 g/mol. The number of amides is 1. The number of hydrogen-bond acceptors (Lipinski definition) is 2. The number of aromatic nitrogens is 1. The average molecular weight is 326 g/mol. The van der Waals surface area contributed by atoms with Gasteiger partial charge in [0.15, 0.2) is 0 Å². The minimum Gasteiger partial charge on any atom is -0.321 e. The second-order valence-electron chi connectivity index (χ2n) is 5.84. The van der Waals surface area contributed by atoms with Gasteiger partial charge in [-0.1, -0.05) is 17.7 Å². The lowest BCUT2D eigenvalue weighted by atomic mass is 10.0. The maximum Gasteiger partial charge on any atom is 0.261 e. The van der Waals surface area contributed by atoms with E-state index in [1.807, 2.05) is 26.0 Å². The first kappa shape index (κ1) is 16.1. The second-order valence-corrected chi connectivity index (χ2v) is 5.84. The molecule has 0 saturated heterocycles. The van der Waals surface area contributed by atoms with Gasteiger partial charge in [-0.15, -0.1) is 0 Å². The van der Waals surface area contributed by atoms with Crippen molar-refractivity contribution in [1.82, 2.24) is 4.98 Å². The molecule has 1 N–H and O–H groups in total. The lowest BCUT2D eigenvalue weighted by molar-refractivity contribution is 0.101. The highest BCUT2D eigenvalue weighted by molar-refractivity contribution is 6.09. The number of nitrogens with one attached hydrogen (secondary N) is 1. The predicted molar refractivity (Wildman–Crippen MR) is 90.3 cm³/mol. The summed E-state index contributed by atoms with van der Waals surface area (Å²) in [6.45, 7) is 5.68. The van der Waals surface area contributed by atoms with E-state index in [0.717, 1.165) is 34.2 Å². The molecule has 3 rings (SSSR count). The van der Waals surface area contributed by atoms with Crippen LogP contribution in [-0.2, 0) is 0 Å². The largest absolute Gasteiger partial charge is 0.321 e. The van der Waals surface area contributed by atoms with E-state index in [9.17, 15) is 13.6 Å². The van der Waals surface area contributed by atoms with Crippen molar-refractivity contribution >= 4 is 22.5 Å². The molecule has 0 bridgehead atoms. The van der Waals surface area contributed by atoms with Crippen LogP contribution >= 0.6 is 0 Å². The fraction of sp³-hybridized carbons (Fsp3) is 0.158. The summed E-state index contributed by atoms with van der Waals surface area (Å²) < 4.78 is 27.6. The molecule has 0 aliphatic carbocycles. The van der Waals surface area contributed by atoms with E-state index in [2.05, 4.69) is 10.3 Å². The summed E-state index contributed by atoms with van der Waals surface area (Å²) in [7, 11) is 0. The Kier molecular flexibility index (Phi) is 4.01. The molecule has 3 nitrogen and oxygen atoms in total. The molecule has 0 aliphatic heterocycles. The molecule has 0 fully saturated rings. The maximum absolute atomic E-state index is 13.8. The molecular weight excluding hydrogens is 310 g/mol. The van der Waals surface area contributed by atoms with Crippen LogP contribution in [0.3, 0.4) is 0 Å². The minimum atomic E-state index is -0.894. The first-order chi connectivity index (χ1) is 11.4. The molecule has 2 aromatic carbocycles. The van der Waals surface area contributed by atoms with Crippen molar-refractivity contribution in [2.24, 2.45) is 0 Å². The van der Waals surface area contributed by atoms with E-state index >= 15 is 0 Å². The van der Waals surface area contributed by atoms with Gasteiger partial charge in [0.25, 0.3) is 5.91 Å². The number of hydrogen-bond donors (Lipinski definition) is 1. The lowest BCUT2D eigenvalue weighted by Crippen LogP contribution is -2.16. The van der Waals surface area contributed by atoms with Gasteiger partial charge in [0.05, 0.1) is 11.2 Å². The van der Waals surface area contributed by atoms with Crippen LogP contribution < -0.4 is 5.32 Å². The highest BCUT2D eigenvalue weighted by Crippen LogP contribution is 2.28. The number of benzene rings is 2. The summed E-state index contributed by atoms with van der Waals surface area (Å²) in [5, 5.41) is 3.36. The molecule has 3 aromatic rings. The summed E-state index contributed by atoms with van der Waals surface area (Å²) in [5.74, 6) is -2.61. The first-order valence-corrected chi connectivity index (χ1v) is 7.51. The zero-order valence-electron chi connectivity index (χ0n) is 13.6. The van der Waals surface area contributed by atoms with Gasteiger partial charge in [0, 0.05) is 11.1 Å². The molecule has 0 radical (unpaired) electrons. The Morgan fingerprint density at radius 3 is 2.38 bits per heavy atom. The molecule has 122 valence electrons. The van der Waals surface area contributed by atoms with Gasteiger partial charge in [-0.25, -0.2) is 8.78 Å². The third-order valence-electron chi connectivity index (χ3n) is 3.81. The van der Waals surface area contributed by atoms with Crippen molar-refractivity contribution in [1.29, 1.82) is 0 Å².